The fourth-order valence-corrected chi connectivity index (χ4v) is 3.01. The van der Waals surface area contributed by atoms with E-state index in [1.807, 2.05) is 19.2 Å². The number of nitrogens with two attached hydrogens (primary N) is 1. The molecule has 6 heteroatoms. The predicted octanol–water partition coefficient (Wildman–Crippen LogP) is 1.56. The molecule has 0 radical (unpaired) electrons. The van der Waals surface area contributed by atoms with E-state index in [0.717, 1.165) is 32.5 Å². The Hall–Kier alpha value is -1.57. The molecule has 98 valence electrons. The lowest BCUT2D eigenvalue weighted by atomic mass is 10.1. The standard InChI is InChI=1S/C13H13IN4O/c1-18-10-2-3-16-13(19)8(10)4-11(18)7-5-12(15)17-6-9(7)14/h4-6H,2-3H2,1H3,(H2,15,17)(H,16,19). The number of carbonyl (C=O) groups is 1. The van der Waals surface area contributed by atoms with Crippen molar-refractivity contribution in [1.82, 2.24) is 14.9 Å². The van der Waals surface area contributed by atoms with Crippen LogP contribution < -0.4 is 11.1 Å². The van der Waals surface area contributed by atoms with Gasteiger partial charge in [-0.1, -0.05) is 0 Å². The van der Waals surface area contributed by atoms with Crippen molar-refractivity contribution in [2.24, 2.45) is 7.05 Å². The summed E-state index contributed by atoms with van der Waals surface area (Å²) in [5.74, 6) is 0.485. The molecule has 2 aromatic heterocycles. The minimum atomic E-state index is 0.000126. The van der Waals surface area contributed by atoms with Gasteiger partial charge in [0.2, 0.25) is 0 Å². The Morgan fingerprint density at radius 2 is 2.21 bits per heavy atom. The number of pyridine rings is 1. The van der Waals surface area contributed by atoms with Crippen LogP contribution >= 0.6 is 22.6 Å². The van der Waals surface area contributed by atoms with Crippen molar-refractivity contribution in [2.45, 2.75) is 6.42 Å². The van der Waals surface area contributed by atoms with E-state index < -0.39 is 0 Å². The molecule has 0 bridgehead atoms. The molecule has 1 amide bonds. The molecule has 3 rings (SSSR count). The average molecular weight is 368 g/mol. The highest BCUT2D eigenvalue weighted by molar-refractivity contribution is 14.1. The third-order valence-corrected chi connectivity index (χ3v) is 4.26. The van der Waals surface area contributed by atoms with Crippen LogP contribution in [0, 0.1) is 3.57 Å². The lowest BCUT2D eigenvalue weighted by Gasteiger charge is -2.14. The molecule has 3 heterocycles. The van der Waals surface area contributed by atoms with Crippen molar-refractivity contribution in [3.8, 4) is 11.3 Å². The first kappa shape index (κ1) is 12.5. The number of amides is 1. The topological polar surface area (TPSA) is 72.9 Å². The summed E-state index contributed by atoms with van der Waals surface area (Å²) < 4.78 is 3.09. The Balaban J connectivity index is 2.21. The molecule has 0 spiro atoms. The van der Waals surface area contributed by atoms with Crippen molar-refractivity contribution >= 4 is 34.3 Å². The smallest absolute Gasteiger partial charge is 0.253 e. The Bertz CT molecular complexity index is 678. The van der Waals surface area contributed by atoms with Crippen LogP contribution in [0.15, 0.2) is 18.3 Å². The second-order valence-corrected chi connectivity index (χ2v) is 5.71. The highest BCUT2D eigenvalue weighted by atomic mass is 127. The Morgan fingerprint density at radius 3 is 2.95 bits per heavy atom. The maximum Gasteiger partial charge on any atom is 0.253 e. The van der Waals surface area contributed by atoms with Crippen LogP contribution in [0.1, 0.15) is 16.1 Å². The summed E-state index contributed by atoms with van der Waals surface area (Å²) >= 11 is 2.23. The van der Waals surface area contributed by atoms with Gasteiger partial charge < -0.3 is 15.6 Å². The fraction of sp³-hybridized carbons (Fsp3) is 0.231. The van der Waals surface area contributed by atoms with Crippen molar-refractivity contribution in [1.29, 1.82) is 0 Å². The van der Waals surface area contributed by atoms with Gasteiger partial charge >= 0.3 is 0 Å². The number of aromatic nitrogens is 2. The average Bonchev–Trinajstić information content (AvgIpc) is 2.72. The molecule has 0 aromatic carbocycles. The predicted molar refractivity (Wildman–Crippen MR) is 81.8 cm³/mol. The van der Waals surface area contributed by atoms with Crippen LogP contribution in [0.3, 0.4) is 0 Å². The molecular weight excluding hydrogens is 355 g/mol. The summed E-state index contributed by atoms with van der Waals surface area (Å²) in [6.45, 7) is 0.693. The minimum absolute atomic E-state index is 0.000126. The summed E-state index contributed by atoms with van der Waals surface area (Å²) in [7, 11) is 1.99. The third-order valence-electron chi connectivity index (χ3n) is 3.40. The second-order valence-electron chi connectivity index (χ2n) is 4.54. The maximum atomic E-state index is 11.9. The number of nitrogens with one attached hydrogen (secondary N) is 1. The normalized spacial score (nSPS) is 14.1. The lowest BCUT2D eigenvalue weighted by Crippen LogP contribution is -2.31. The Kier molecular flexibility index (Phi) is 2.96. The highest BCUT2D eigenvalue weighted by Crippen LogP contribution is 2.30. The monoisotopic (exact) mass is 368 g/mol. The first-order valence-electron chi connectivity index (χ1n) is 5.96. The Labute approximate surface area is 124 Å². The number of hydrogen-bond acceptors (Lipinski definition) is 3. The van der Waals surface area contributed by atoms with Gasteiger partial charge in [0.25, 0.3) is 5.91 Å². The van der Waals surface area contributed by atoms with Gasteiger partial charge in [-0.2, -0.15) is 0 Å². The largest absolute Gasteiger partial charge is 0.384 e. The molecular formula is C13H13IN4O. The van der Waals surface area contributed by atoms with E-state index in [-0.39, 0.29) is 5.91 Å². The van der Waals surface area contributed by atoms with E-state index in [2.05, 4.69) is 37.5 Å². The molecule has 0 saturated carbocycles. The van der Waals surface area contributed by atoms with Gasteiger partial charge in [0.1, 0.15) is 5.82 Å². The van der Waals surface area contributed by atoms with Crippen LogP contribution in [-0.2, 0) is 13.5 Å². The van der Waals surface area contributed by atoms with Gasteiger partial charge in [-0.25, -0.2) is 4.98 Å². The fourth-order valence-electron chi connectivity index (χ4n) is 2.44. The van der Waals surface area contributed by atoms with E-state index in [1.165, 1.54) is 0 Å². The van der Waals surface area contributed by atoms with Gasteiger partial charge in [-0.05, 0) is 34.7 Å². The number of halogens is 1. The van der Waals surface area contributed by atoms with Gasteiger partial charge in [0, 0.05) is 41.0 Å². The summed E-state index contributed by atoms with van der Waals surface area (Å²) in [5.41, 5.74) is 9.61. The van der Waals surface area contributed by atoms with Crippen LogP contribution in [0.25, 0.3) is 11.3 Å². The zero-order chi connectivity index (χ0) is 13.6. The Morgan fingerprint density at radius 1 is 1.42 bits per heavy atom. The van der Waals surface area contributed by atoms with E-state index in [0.29, 0.717) is 12.4 Å². The van der Waals surface area contributed by atoms with Crippen molar-refractivity contribution in [3.63, 3.8) is 0 Å². The van der Waals surface area contributed by atoms with E-state index in [1.54, 1.807) is 6.20 Å². The number of nitrogens with zero attached hydrogens (tertiary/aromatic N) is 2. The summed E-state index contributed by atoms with van der Waals surface area (Å²) in [4.78, 5) is 15.9. The van der Waals surface area contributed by atoms with E-state index in [4.69, 9.17) is 5.73 Å². The molecule has 0 saturated heterocycles. The first-order valence-corrected chi connectivity index (χ1v) is 7.04. The van der Waals surface area contributed by atoms with Gasteiger partial charge in [-0.3, -0.25) is 4.79 Å². The maximum absolute atomic E-state index is 11.9. The molecule has 1 aliphatic heterocycles. The van der Waals surface area contributed by atoms with Gasteiger partial charge in [-0.15, -0.1) is 0 Å². The number of nitrogen functional groups attached to an aromatic ring is 1. The molecule has 3 N–H and O–H groups in total. The molecule has 0 aliphatic carbocycles. The molecule has 5 nitrogen and oxygen atoms in total. The number of hydrogen-bond donors (Lipinski definition) is 2. The number of anilines is 1. The second kappa shape index (κ2) is 4.52. The lowest BCUT2D eigenvalue weighted by molar-refractivity contribution is 0.0945. The molecule has 0 atom stereocenters. The molecule has 19 heavy (non-hydrogen) atoms. The van der Waals surface area contributed by atoms with Crippen LogP contribution in [0.5, 0.6) is 0 Å². The van der Waals surface area contributed by atoms with Crippen LogP contribution in [0.4, 0.5) is 5.82 Å². The zero-order valence-electron chi connectivity index (χ0n) is 10.4. The minimum Gasteiger partial charge on any atom is -0.384 e. The molecule has 2 aromatic rings. The number of carbonyl (C=O) groups excluding carboxylic acids is 1. The van der Waals surface area contributed by atoms with Crippen molar-refractivity contribution < 1.29 is 4.79 Å². The summed E-state index contributed by atoms with van der Waals surface area (Å²) in [6.07, 6.45) is 2.60. The quantitative estimate of drug-likeness (QED) is 0.751. The zero-order valence-corrected chi connectivity index (χ0v) is 12.6. The number of fused-ring (bicyclic) bond motifs is 1. The highest BCUT2D eigenvalue weighted by Gasteiger charge is 2.23. The van der Waals surface area contributed by atoms with Gasteiger partial charge in [0.15, 0.2) is 0 Å². The van der Waals surface area contributed by atoms with Crippen LogP contribution in [-0.4, -0.2) is 22.0 Å². The SMILES string of the molecule is Cn1c(-c2cc(N)ncc2I)cc2c1CCNC2=O. The molecule has 0 fully saturated rings. The van der Waals surface area contributed by atoms with E-state index in [9.17, 15) is 4.79 Å². The van der Waals surface area contributed by atoms with Crippen molar-refractivity contribution in [3.05, 3.63) is 33.2 Å². The van der Waals surface area contributed by atoms with Gasteiger partial charge in [0.05, 0.1) is 11.3 Å². The summed E-state index contributed by atoms with van der Waals surface area (Å²) in [6, 6.07) is 3.78. The van der Waals surface area contributed by atoms with Crippen LogP contribution in [0.2, 0.25) is 0 Å². The van der Waals surface area contributed by atoms with Crippen molar-refractivity contribution in [2.75, 3.05) is 12.3 Å². The summed E-state index contributed by atoms with van der Waals surface area (Å²) in [5, 5.41) is 2.87. The third kappa shape index (κ3) is 1.99. The van der Waals surface area contributed by atoms with E-state index >= 15 is 0 Å². The molecule has 1 aliphatic rings. The number of rotatable bonds is 1. The molecule has 0 unspecified atom stereocenters. The first-order chi connectivity index (χ1) is 9.08.